The third-order valence-corrected chi connectivity index (χ3v) is 3.13. The number of nitrogens with two attached hydrogens (primary N) is 1. The molecular formula is C14H10ClF2NOS. The van der Waals surface area contributed by atoms with Gasteiger partial charge in [0.05, 0.1) is 10.6 Å². The van der Waals surface area contributed by atoms with Gasteiger partial charge in [-0.25, -0.2) is 8.78 Å². The normalized spacial score (nSPS) is 10.3. The van der Waals surface area contributed by atoms with Crippen molar-refractivity contribution in [1.29, 1.82) is 0 Å². The molecule has 0 unspecified atom stereocenters. The molecule has 0 aliphatic carbocycles. The van der Waals surface area contributed by atoms with E-state index in [0.29, 0.717) is 16.3 Å². The average molecular weight is 314 g/mol. The first-order valence-electron chi connectivity index (χ1n) is 5.64. The van der Waals surface area contributed by atoms with Crippen molar-refractivity contribution >= 4 is 28.8 Å². The van der Waals surface area contributed by atoms with Crippen LogP contribution in [0.2, 0.25) is 5.02 Å². The Morgan fingerprint density at radius 3 is 2.70 bits per heavy atom. The second-order valence-electron chi connectivity index (χ2n) is 4.00. The molecule has 0 saturated carbocycles. The summed E-state index contributed by atoms with van der Waals surface area (Å²) in [4.78, 5) is 0.0744. The summed E-state index contributed by atoms with van der Waals surface area (Å²) in [6.45, 7) is -0.153. The van der Waals surface area contributed by atoms with Crippen LogP contribution in [0.5, 0.6) is 5.75 Å². The Hall–Kier alpha value is -1.72. The van der Waals surface area contributed by atoms with Crippen LogP contribution in [0, 0.1) is 11.6 Å². The number of ether oxygens (including phenoxy) is 1. The summed E-state index contributed by atoms with van der Waals surface area (Å²) in [6, 6.07) is 8.03. The first kappa shape index (κ1) is 14.7. The topological polar surface area (TPSA) is 35.2 Å². The molecule has 0 aromatic heterocycles. The summed E-state index contributed by atoms with van der Waals surface area (Å²) in [5.74, 6) is -0.760. The molecule has 0 amide bonds. The van der Waals surface area contributed by atoms with Gasteiger partial charge in [0, 0.05) is 5.56 Å². The van der Waals surface area contributed by atoms with E-state index in [1.165, 1.54) is 0 Å². The van der Waals surface area contributed by atoms with Crippen LogP contribution in [0.25, 0.3) is 0 Å². The Morgan fingerprint density at radius 1 is 1.25 bits per heavy atom. The second-order valence-corrected chi connectivity index (χ2v) is 4.85. The molecule has 0 aliphatic rings. The minimum atomic E-state index is -0.551. The molecule has 0 bridgehead atoms. The van der Waals surface area contributed by atoms with Crippen LogP contribution in [0.4, 0.5) is 8.78 Å². The molecule has 0 spiro atoms. The zero-order chi connectivity index (χ0) is 14.7. The number of thiocarbonyl (C=S) groups is 1. The third-order valence-electron chi connectivity index (χ3n) is 2.61. The summed E-state index contributed by atoms with van der Waals surface area (Å²) in [7, 11) is 0. The summed E-state index contributed by atoms with van der Waals surface area (Å²) in [5, 5.41) is 0.342. The van der Waals surface area contributed by atoms with Gasteiger partial charge in [-0.3, -0.25) is 0 Å². The molecule has 2 N–H and O–H groups in total. The van der Waals surface area contributed by atoms with Gasteiger partial charge in [0.1, 0.15) is 29.0 Å². The number of benzene rings is 2. The van der Waals surface area contributed by atoms with Crippen molar-refractivity contribution in [2.24, 2.45) is 5.73 Å². The maximum Gasteiger partial charge on any atom is 0.131 e. The molecule has 2 nitrogen and oxygen atoms in total. The van der Waals surface area contributed by atoms with Crippen molar-refractivity contribution in [3.8, 4) is 5.75 Å². The molecule has 2 rings (SSSR count). The first-order valence-corrected chi connectivity index (χ1v) is 6.42. The molecule has 0 radical (unpaired) electrons. The predicted octanol–water partition coefficient (Wildman–Crippen LogP) is 3.83. The van der Waals surface area contributed by atoms with Gasteiger partial charge in [-0.1, -0.05) is 29.9 Å². The highest BCUT2D eigenvalue weighted by Crippen LogP contribution is 2.27. The molecule has 0 saturated heterocycles. The Kier molecular flexibility index (Phi) is 4.52. The monoisotopic (exact) mass is 313 g/mol. The van der Waals surface area contributed by atoms with Crippen molar-refractivity contribution in [2.45, 2.75) is 6.61 Å². The predicted molar refractivity (Wildman–Crippen MR) is 78.0 cm³/mol. The van der Waals surface area contributed by atoms with Crippen molar-refractivity contribution in [2.75, 3.05) is 0 Å². The lowest BCUT2D eigenvalue weighted by molar-refractivity contribution is 0.298. The molecule has 20 heavy (non-hydrogen) atoms. The number of hydrogen-bond acceptors (Lipinski definition) is 2. The largest absolute Gasteiger partial charge is 0.488 e. The van der Waals surface area contributed by atoms with Crippen molar-refractivity contribution < 1.29 is 13.5 Å². The van der Waals surface area contributed by atoms with Gasteiger partial charge in [0.25, 0.3) is 0 Å². The van der Waals surface area contributed by atoms with Crippen LogP contribution in [0.3, 0.4) is 0 Å². The summed E-state index contributed by atoms with van der Waals surface area (Å²) in [6.07, 6.45) is 0. The molecule has 0 aliphatic heterocycles. The number of rotatable bonds is 4. The molecular weight excluding hydrogens is 304 g/mol. The van der Waals surface area contributed by atoms with Crippen LogP contribution in [-0.2, 0) is 6.61 Å². The van der Waals surface area contributed by atoms with Crippen LogP contribution in [-0.4, -0.2) is 4.99 Å². The Labute approximate surface area is 125 Å². The van der Waals surface area contributed by atoms with Crippen LogP contribution >= 0.6 is 23.8 Å². The molecule has 2 aromatic rings. The molecule has 6 heteroatoms. The van der Waals surface area contributed by atoms with Gasteiger partial charge in [-0.2, -0.15) is 0 Å². The van der Waals surface area contributed by atoms with Gasteiger partial charge >= 0.3 is 0 Å². The van der Waals surface area contributed by atoms with Crippen molar-refractivity contribution in [1.82, 2.24) is 0 Å². The minimum absolute atomic E-state index is 0.0744. The van der Waals surface area contributed by atoms with Crippen LogP contribution in [0.15, 0.2) is 36.4 Å². The average Bonchev–Trinajstić information content (AvgIpc) is 2.39. The van der Waals surface area contributed by atoms with E-state index in [1.54, 1.807) is 18.2 Å². The summed E-state index contributed by atoms with van der Waals surface area (Å²) >= 11 is 10.9. The third kappa shape index (κ3) is 3.23. The fourth-order valence-electron chi connectivity index (χ4n) is 1.67. The van der Waals surface area contributed by atoms with Crippen LogP contribution < -0.4 is 10.5 Å². The molecule has 0 atom stereocenters. The smallest absolute Gasteiger partial charge is 0.131 e. The molecule has 0 heterocycles. The van der Waals surface area contributed by atoms with E-state index in [0.717, 1.165) is 18.2 Å². The standard InChI is InChI=1S/C14H10ClF2NOS/c15-10-2-1-3-12(13(10)14(18)20)19-7-8-6-9(16)4-5-11(8)17/h1-6H,7H2,(H2,18,20). The zero-order valence-corrected chi connectivity index (χ0v) is 11.8. The lowest BCUT2D eigenvalue weighted by Gasteiger charge is -2.12. The van der Waals surface area contributed by atoms with Gasteiger partial charge < -0.3 is 10.5 Å². The fraction of sp³-hybridized carbons (Fsp3) is 0.0714. The Bertz CT molecular complexity index is 664. The lowest BCUT2D eigenvalue weighted by atomic mass is 10.2. The van der Waals surface area contributed by atoms with E-state index in [2.05, 4.69) is 0 Å². The van der Waals surface area contributed by atoms with E-state index >= 15 is 0 Å². The lowest BCUT2D eigenvalue weighted by Crippen LogP contribution is -2.12. The maximum absolute atomic E-state index is 13.5. The van der Waals surface area contributed by atoms with E-state index in [9.17, 15) is 8.78 Å². The quantitative estimate of drug-likeness (QED) is 0.871. The summed E-state index contributed by atoms with van der Waals surface area (Å²) in [5.41, 5.74) is 6.04. The zero-order valence-electron chi connectivity index (χ0n) is 10.2. The van der Waals surface area contributed by atoms with E-state index < -0.39 is 11.6 Å². The van der Waals surface area contributed by atoms with E-state index in [-0.39, 0.29) is 17.2 Å². The van der Waals surface area contributed by atoms with Gasteiger partial charge in [0.15, 0.2) is 0 Å². The first-order chi connectivity index (χ1) is 9.49. The highest BCUT2D eigenvalue weighted by molar-refractivity contribution is 7.80. The van der Waals surface area contributed by atoms with Crippen molar-refractivity contribution in [3.63, 3.8) is 0 Å². The second kappa shape index (κ2) is 6.15. The maximum atomic E-state index is 13.5. The number of hydrogen-bond donors (Lipinski definition) is 1. The SMILES string of the molecule is NC(=S)c1c(Cl)cccc1OCc1cc(F)ccc1F. The molecule has 104 valence electrons. The molecule has 0 fully saturated rings. The van der Waals surface area contributed by atoms with Gasteiger partial charge in [-0.15, -0.1) is 0 Å². The Balaban J connectivity index is 2.25. The van der Waals surface area contributed by atoms with Gasteiger partial charge in [0.2, 0.25) is 0 Å². The summed E-state index contributed by atoms with van der Waals surface area (Å²) < 4.78 is 32.0. The van der Waals surface area contributed by atoms with Crippen LogP contribution in [0.1, 0.15) is 11.1 Å². The van der Waals surface area contributed by atoms with Crippen molar-refractivity contribution in [3.05, 3.63) is 64.2 Å². The minimum Gasteiger partial charge on any atom is -0.488 e. The van der Waals surface area contributed by atoms with E-state index in [4.69, 9.17) is 34.3 Å². The van der Waals surface area contributed by atoms with E-state index in [1.807, 2.05) is 0 Å². The number of halogens is 3. The highest BCUT2D eigenvalue weighted by atomic mass is 35.5. The highest BCUT2D eigenvalue weighted by Gasteiger charge is 2.12. The fourth-order valence-corrected chi connectivity index (χ4v) is 2.21. The van der Waals surface area contributed by atoms with Gasteiger partial charge in [-0.05, 0) is 30.3 Å². The Morgan fingerprint density at radius 2 is 2.00 bits per heavy atom. The molecule has 2 aromatic carbocycles.